The van der Waals surface area contributed by atoms with Crippen LogP contribution in [-0.2, 0) is 16.1 Å². The fraction of sp³-hybridized carbons (Fsp3) is 0.238. The van der Waals surface area contributed by atoms with Crippen molar-refractivity contribution in [2.45, 2.75) is 32.0 Å². The Labute approximate surface area is 175 Å². The van der Waals surface area contributed by atoms with Gasteiger partial charge in [-0.2, -0.15) is 0 Å². The monoisotopic (exact) mass is 420 g/mol. The van der Waals surface area contributed by atoms with Gasteiger partial charge in [-0.25, -0.2) is 9.97 Å². The molecular weight excluding hydrogens is 399 g/mol. The molecule has 3 unspecified atom stereocenters. The van der Waals surface area contributed by atoms with E-state index in [-0.39, 0.29) is 12.0 Å². The minimum absolute atomic E-state index is 0.0984. The first-order chi connectivity index (χ1) is 14.6. The van der Waals surface area contributed by atoms with Gasteiger partial charge in [0.05, 0.1) is 16.6 Å². The molecule has 4 heterocycles. The summed E-state index contributed by atoms with van der Waals surface area (Å²) in [6, 6.07) is 10.1. The van der Waals surface area contributed by atoms with Crippen LogP contribution in [-0.4, -0.2) is 31.5 Å². The molecule has 0 saturated heterocycles. The number of rotatable bonds is 3. The van der Waals surface area contributed by atoms with E-state index in [0.29, 0.717) is 18.8 Å². The summed E-state index contributed by atoms with van der Waals surface area (Å²) in [4.78, 5) is 25.3. The summed E-state index contributed by atoms with van der Waals surface area (Å²) in [5.74, 6) is 0.0601. The number of para-hydroxylation sites is 1. The van der Waals surface area contributed by atoms with Crippen LogP contribution in [0.5, 0.6) is 0 Å². The number of nitrogens with two attached hydrogens (primary N) is 1. The van der Waals surface area contributed by atoms with E-state index in [2.05, 4.69) is 40.1 Å². The molecule has 3 aromatic heterocycles. The highest BCUT2D eigenvalue weighted by molar-refractivity contribution is 7.13. The van der Waals surface area contributed by atoms with E-state index in [1.165, 1.54) is 13.3 Å². The van der Waals surface area contributed by atoms with Crippen LogP contribution >= 0.6 is 9.39 Å². The molecule has 3 N–H and O–H groups in total. The minimum Gasteiger partial charge on any atom is -0.456 e. The number of nitrogen functional groups attached to an aromatic ring is 1. The van der Waals surface area contributed by atoms with Crippen molar-refractivity contribution in [3.63, 3.8) is 0 Å². The Bertz CT molecular complexity index is 1290. The number of hydrogen-bond donors (Lipinski definition) is 2. The maximum atomic E-state index is 11.9. The Balaban J connectivity index is 1.83. The van der Waals surface area contributed by atoms with Gasteiger partial charge in [-0.15, -0.1) is 0 Å². The smallest absolute Gasteiger partial charge is 0.303 e. The second-order valence-electron chi connectivity index (χ2n) is 7.44. The van der Waals surface area contributed by atoms with Crippen LogP contribution in [0.1, 0.15) is 25.1 Å². The van der Waals surface area contributed by atoms with Crippen LogP contribution in [0, 0.1) is 0 Å². The van der Waals surface area contributed by atoms with Crippen LogP contribution in [0.3, 0.4) is 0 Å². The van der Waals surface area contributed by atoms with Crippen LogP contribution in [0.2, 0.25) is 0 Å². The molecule has 0 saturated carbocycles. The number of hydrogen-bond acceptors (Lipinski definition) is 7. The molecule has 9 heteroatoms. The van der Waals surface area contributed by atoms with Crippen LogP contribution in [0.25, 0.3) is 33.1 Å². The lowest BCUT2D eigenvalue weighted by Crippen LogP contribution is -2.35. The summed E-state index contributed by atoms with van der Waals surface area (Å²) >= 11 is 0. The first-order valence-corrected chi connectivity index (χ1v) is 10.3. The van der Waals surface area contributed by atoms with E-state index in [4.69, 9.17) is 10.5 Å². The second-order valence-corrected chi connectivity index (χ2v) is 7.78. The third-order valence-corrected chi connectivity index (χ3v) is 6.01. The van der Waals surface area contributed by atoms with Crippen molar-refractivity contribution in [3.05, 3.63) is 48.5 Å². The number of carbonyl (C=O) groups excluding carboxylic acids is 1. The Morgan fingerprint density at radius 3 is 2.93 bits per heavy atom. The predicted octanol–water partition coefficient (Wildman–Crippen LogP) is 2.98. The number of fused-ring (bicyclic) bond motifs is 4. The normalized spacial score (nSPS) is 18.5. The highest BCUT2D eigenvalue weighted by Gasteiger charge is 2.35. The van der Waals surface area contributed by atoms with E-state index >= 15 is 0 Å². The van der Waals surface area contributed by atoms with Crippen molar-refractivity contribution < 1.29 is 9.53 Å². The Kier molecular flexibility index (Phi) is 4.60. The number of pyridine rings is 1. The predicted molar refractivity (Wildman–Crippen MR) is 118 cm³/mol. The van der Waals surface area contributed by atoms with Crippen molar-refractivity contribution in [2.24, 2.45) is 0 Å². The average molecular weight is 420 g/mol. The summed E-state index contributed by atoms with van der Waals surface area (Å²) in [5, 5.41) is 4.99. The molecule has 0 amide bonds. The summed E-state index contributed by atoms with van der Waals surface area (Å²) in [6.07, 6.45) is 3.49. The van der Waals surface area contributed by atoms with E-state index < -0.39 is 6.10 Å². The molecule has 3 atom stereocenters. The highest BCUT2D eigenvalue weighted by atomic mass is 31.0. The molecule has 4 aromatic rings. The maximum Gasteiger partial charge on any atom is 0.303 e. The summed E-state index contributed by atoms with van der Waals surface area (Å²) < 4.78 is 7.83. The Hall–Kier alpha value is -3.09. The zero-order chi connectivity index (χ0) is 20.8. The fourth-order valence-corrected chi connectivity index (χ4v) is 4.56. The average Bonchev–Trinajstić information content (AvgIpc) is 3.09. The number of nitrogens with zero attached hydrogens (tertiary/aromatic N) is 4. The van der Waals surface area contributed by atoms with Crippen molar-refractivity contribution in [2.75, 3.05) is 5.73 Å². The minimum atomic E-state index is -0.440. The van der Waals surface area contributed by atoms with Gasteiger partial charge in [-0.05, 0) is 12.1 Å². The van der Waals surface area contributed by atoms with Gasteiger partial charge in [-0.3, -0.25) is 14.9 Å². The molecule has 5 rings (SSSR count). The summed E-state index contributed by atoms with van der Waals surface area (Å²) in [7, 11) is 2.54. The van der Waals surface area contributed by atoms with Gasteiger partial charge in [-0.1, -0.05) is 27.6 Å². The van der Waals surface area contributed by atoms with Gasteiger partial charge in [0.1, 0.15) is 23.9 Å². The zero-order valence-corrected chi connectivity index (χ0v) is 17.5. The maximum absolute atomic E-state index is 11.9. The van der Waals surface area contributed by atoms with Crippen molar-refractivity contribution in [3.8, 4) is 11.1 Å². The molecule has 152 valence electrons. The van der Waals surface area contributed by atoms with Crippen molar-refractivity contribution in [1.82, 2.24) is 24.6 Å². The SMILES string of the molecule is CC(=O)OC1CC(NP)Cn2c1c(-c1cnc3ccccc3c1)c1c(N)ncnc12. The van der Waals surface area contributed by atoms with Gasteiger partial charge in [0, 0.05) is 48.6 Å². The number of nitrogens with one attached hydrogen (secondary N) is 1. The first-order valence-electron chi connectivity index (χ1n) is 9.68. The largest absolute Gasteiger partial charge is 0.456 e. The second kappa shape index (κ2) is 7.31. The van der Waals surface area contributed by atoms with Crippen LogP contribution < -0.4 is 10.8 Å². The van der Waals surface area contributed by atoms with Gasteiger partial charge < -0.3 is 15.0 Å². The molecule has 8 nitrogen and oxygen atoms in total. The van der Waals surface area contributed by atoms with Gasteiger partial charge in [0.15, 0.2) is 0 Å². The lowest BCUT2D eigenvalue weighted by molar-refractivity contribution is -0.148. The van der Waals surface area contributed by atoms with Crippen molar-refractivity contribution in [1.29, 1.82) is 0 Å². The van der Waals surface area contributed by atoms with E-state index in [1.807, 2.05) is 30.5 Å². The molecule has 1 aliphatic rings. The van der Waals surface area contributed by atoms with Crippen molar-refractivity contribution >= 4 is 43.1 Å². The number of ether oxygens (including phenoxy) is 1. The Morgan fingerprint density at radius 2 is 2.13 bits per heavy atom. The molecule has 30 heavy (non-hydrogen) atoms. The first kappa shape index (κ1) is 18.9. The molecule has 0 fully saturated rings. The van der Waals surface area contributed by atoms with E-state index in [1.54, 1.807) is 0 Å². The highest BCUT2D eigenvalue weighted by Crippen LogP contribution is 2.44. The van der Waals surface area contributed by atoms with Crippen LogP contribution in [0.4, 0.5) is 5.82 Å². The third-order valence-electron chi connectivity index (χ3n) is 5.54. The lowest BCUT2D eigenvalue weighted by atomic mass is 9.95. The van der Waals surface area contributed by atoms with Crippen LogP contribution in [0.15, 0.2) is 42.9 Å². The molecular formula is C21H21N6O2P. The van der Waals surface area contributed by atoms with Gasteiger partial charge in [0.25, 0.3) is 0 Å². The van der Waals surface area contributed by atoms with E-state index in [0.717, 1.165) is 38.8 Å². The Morgan fingerprint density at radius 1 is 1.30 bits per heavy atom. The quantitative estimate of drug-likeness (QED) is 0.387. The standard InChI is InChI=1S/C21H21N6O2P/c1-11(28)29-16-7-14(26-30)9-27-19(16)17(18-20(22)24-10-25-21(18)27)13-6-12-4-2-3-5-15(12)23-8-13/h2-6,8,10,14,16,26H,7,9,30H2,1H3,(H2,22,24,25). The van der Waals surface area contributed by atoms with E-state index in [9.17, 15) is 4.79 Å². The zero-order valence-electron chi connectivity index (χ0n) is 16.4. The molecule has 1 aromatic carbocycles. The number of aromatic nitrogens is 4. The van der Waals surface area contributed by atoms with Gasteiger partial charge >= 0.3 is 5.97 Å². The molecule has 1 aliphatic heterocycles. The summed E-state index contributed by atoms with van der Waals surface area (Å²) in [6.45, 7) is 2.10. The topological polar surface area (TPSA) is 108 Å². The number of benzene rings is 1. The number of anilines is 1. The fourth-order valence-electron chi connectivity index (χ4n) is 4.32. The third kappa shape index (κ3) is 3.00. The number of esters is 1. The number of carbonyl (C=O) groups is 1. The van der Waals surface area contributed by atoms with Gasteiger partial charge in [0.2, 0.25) is 0 Å². The molecule has 0 radical (unpaired) electrons. The molecule has 0 spiro atoms. The summed E-state index contributed by atoms with van der Waals surface area (Å²) in [5.41, 5.74) is 10.6. The molecule has 0 aliphatic carbocycles. The lowest BCUT2D eigenvalue weighted by Gasteiger charge is -2.31. The molecule has 0 bridgehead atoms.